The normalized spacial score (nSPS) is 24.2. The lowest BCUT2D eigenvalue weighted by Gasteiger charge is -2.43. The van der Waals surface area contributed by atoms with Gasteiger partial charge in [-0.1, -0.05) is 54.4 Å². The highest BCUT2D eigenvalue weighted by atomic mass is 35.5. The summed E-state index contributed by atoms with van der Waals surface area (Å²) in [5, 5.41) is 0. The second-order valence-corrected chi connectivity index (χ2v) is 8.49. The fourth-order valence-electron chi connectivity index (χ4n) is 4.57. The van der Waals surface area contributed by atoms with Gasteiger partial charge in [0.25, 0.3) is 0 Å². The van der Waals surface area contributed by atoms with Gasteiger partial charge in [0, 0.05) is 13.1 Å². The monoisotopic (exact) mass is 360 g/mol. The van der Waals surface area contributed by atoms with E-state index in [1.165, 1.54) is 55.5 Å². The number of halogens is 1. The van der Waals surface area contributed by atoms with Crippen molar-refractivity contribution in [2.75, 3.05) is 26.2 Å². The predicted octanol–water partition coefficient (Wildman–Crippen LogP) is 5.60. The van der Waals surface area contributed by atoms with Crippen molar-refractivity contribution >= 4 is 11.6 Å². The fourth-order valence-corrected chi connectivity index (χ4v) is 5.00. The molecule has 0 saturated carbocycles. The zero-order valence-corrected chi connectivity index (χ0v) is 16.9. The molecule has 0 spiro atoms. The van der Waals surface area contributed by atoms with Gasteiger partial charge in [-0.3, -0.25) is 9.80 Å². The Morgan fingerprint density at radius 3 is 2.16 bits per heavy atom. The number of nitrogens with zero attached hydrogens (tertiary/aromatic N) is 2. The number of hydrogen-bond donors (Lipinski definition) is 0. The largest absolute Gasteiger partial charge is 0.293 e. The van der Waals surface area contributed by atoms with Gasteiger partial charge in [0.15, 0.2) is 0 Å². The van der Waals surface area contributed by atoms with Gasteiger partial charge in [-0.15, -0.1) is 0 Å². The third-order valence-corrected chi connectivity index (χ3v) is 6.52. The molecule has 2 saturated heterocycles. The molecule has 0 amide bonds. The van der Waals surface area contributed by atoms with Crippen molar-refractivity contribution in [1.29, 1.82) is 0 Å². The quantitative estimate of drug-likeness (QED) is 0.370. The van der Waals surface area contributed by atoms with Crippen LogP contribution in [0, 0.1) is 0 Å². The number of hydrogen-bond acceptors (Lipinski definition) is 2. The van der Waals surface area contributed by atoms with E-state index in [2.05, 4.69) is 60.9 Å². The third-order valence-electron chi connectivity index (χ3n) is 6.08. The molecule has 0 aromatic heterocycles. The molecule has 2 unspecified atom stereocenters. The van der Waals surface area contributed by atoms with Crippen LogP contribution in [0.15, 0.2) is 41.5 Å². The van der Waals surface area contributed by atoms with Gasteiger partial charge in [-0.2, -0.15) is 0 Å². The summed E-state index contributed by atoms with van der Waals surface area (Å²) in [6, 6.07) is 11.3. The van der Waals surface area contributed by atoms with Crippen molar-refractivity contribution in [1.82, 2.24) is 9.80 Å². The molecule has 1 aromatic carbocycles. The van der Waals surface area contributed by atoms with Crippen molar-refractivity contribution in [3.8, 4) is 0 Å². The number of rotatable bonds is 6. The van der Waals surface area contributed by atoms with Crippen LogP contribution in [0.4, 0.5) is 0 Å². The summed E-state index contributed by atoms with van der Waals surface area (Å²) in [6.45, 7) is 11.4. The molecule has 0 radical (unpaired) electrons. The molecule has 0 bridgehead atoms. The summed E-state index contributed by atoms with van der Waals surface area (Å²) in [5.41, 5.74) is 4.26. The lowest BCUT2D eigenvalue weighted by atomic mass is 9.87. The molecule has 0 aliphatic carbocycles. The Kier molecular flexibility index (Phi) is 6.25. The lowest BCUT2D eigenvalue weighted by Crippen LogP contribution is -2.46. The maximum absolute atomic E-state index is 7.35. The molecule has 2 atom stereocenters. The van der Waals surface area contributed by atoms with Gasteiger partial charge in [0.05, 0.1) is 6.04 Å². The molecule has 138 valence electrons. The summed E-state index contributed by atoms with van der Waals surface area (Å²) in [6.07, 6.45) is 6.18. The SMILES string of the molecule is CCC(C)=C(C(c1ccccc1)N1CCCC1)C(C)(Cl)N1CCCC1. The Hall–Kier alpha value is -0.830. The molecule has 2 aliphatic heterocycles. The zero-order chi connectivity index (χ0) is 17.9. The van der Waals surface area contributed by atoms with Crippen molar-refractivity contribution in [2.45, 2.75) is 63.9 Å². The van der Waals surface area contributed by atoms with Gasteiger partial charge >= 0.3 is 0 Å². The van der Waals surface area contributed by atoms with Gasteiger partial charge in [0.1, 0.15) is 5.00 Å². The van der Waals surface area contributed by atoms with Gasteiger partial charge in [-0.05, 0) is 70.2 Å². The summed E-state index contributed by atoms with van der Waals surface area (Å²) < 4.78 is 0. The maximum Gasteiger partial charge on any atom is 0.117 e. The average molecular weight is 361 g/mol. The molecule has 2 nitrogen and oxygen atoms in total. The average Bonchev–Trinajstić information content (AvgIpc) is 3.33. The highest BCUT2D eigenvalue weighted by molar-refractivity contribution is 6.25. The smallest absolute Gasteiger partial charge is 0.117 e. The van der Waals surface area contributed by atoms with Crippen LogP contribution >= 0.6 is 11.6 Å². The summed E-state index contributed by atoms with van der Waals surface area (Å²) >= 11 is 7.35. The van der Waals surface area contributed by atoms with Crippen molar-refractivity contribution in [3.05, 3.63) is 47.0 Å². The first kappa shape index (κ1) is 18.9. The summed E-state index contributed by atoms with van der Waals surface area (Å²) in [5.74, 6) is 0. The Balaban J connectivity index is 2.07. The van der Waals surface area contributed by atoms with Gasteiger partial charge in [0.2, 0.25) is 0 Å². The minimum absolute atomic E-state index is 0.298. The standard InChI is InChI=1S/C22H33ClN2/c1-4-18(2)20(22(3,23)25-16-10-11-17-25)21(24-14-8-9-15-24)19-12-6-5-7-13-19/h5-7,12-13,21H,4,8-11,14-17H2,1-3H3. The zero-order valence-electron chi connectivity index (χ0n) is 16.1. The summed E-state index contributed by atoms with van der Waals surface area (Å²) in [7, 11) is 0. The second-order valence-electron chi connectivity index (χ2n) is 7.75. The van der Waals surface area contributed by atoms with Crippen molar-refractivity contribution in [3.63, 3.8) is 0 Å². The number of likely N-dealkylation sites (tertiary alicyclic amines) is 2. The first-order valence-electron chi connectivity index (χ1n) is 9.98. The molecule has 3 rings (SSSR count). The van der Waals surface area contributed by atoms with Crippen LogP contribution in [0.5, 0.6) is 0 Å². The van der Waals surface area contributed by atoms with E-state index in [0.29, 0.717) is 6.04 Å². The van der Waals surface area contributed by atoms with E-state index in [0.717, 1.165) is 19.5 Å². The minimum Gasteiger partial charge on any atom is -0.293 e. The Morgan fingerprint density at radius 2 is 1.60 bits per heavy atom. The predicted molar refractivity (Wildman–Crippen MR) is 108 cm³/mol. The molecule has 0 N–H and O–H groups in total. The van der Waals surface area contributed by atoms with E-state index < -0.39 is 5.00 Å². The van der Waals surface area contributed by atoms with E-state index in [1.54, 1.807) is 0 Å². The minimum atomic E-state index is -0.403. The molecular formula is C22H33ClN2. The van der Waals surface area contributed by atoms with Crippen molar-refractivity contribution in [2.24, 2.45) is 0 Å². The van der Waals surface area contributed by atoms with Gasteiger partial charge in [-0.25, -0.2) is 0 Å². The van der Waals surface area contributed by atoms with E-state index in [4.69, 9.17) is 11.6 Å². The topological polar surface area (TPSA) is 6.48 Å². The lowest BCUT2D eigenvalue weighted by molar-refractivity contribution is 0.199. The highest BCUT2D eigenvalue weighted by Crippen LogP contribution is 2.45. The number of allylic oxidation sites excluding steroid dienone is 1. The molecule has 3 heteroatoms. The third kappa shape index (κ3) is 3.97. The molecule has 25 heavy (non-hydrogen) atoms. The van der Waals surface area contributed by atoms with E-state index in [9.17, 15) is 0 Å². The molecule has 2 aliphatic rings. The van der Waals surface area contributed by atoms with Crippen LogP contribution in [-0.2, 0) is 0 Å². The number of alkyl halides is 1. The van der Waals surface area contributed by atoms with Crippen LogP contribution in [0.25, 0.3) is 0 Å². The fraction of sp³-hybridized carbons (Fsp3) is 0.636. The molecule has 2 heterocycles. The van der Waals surface area contributed by atoms with Crippen LogP contribution in [0.1, 0.15) is 64.5 Å². The van der Waals surface area contributed by atoms with Gasteiger partial charge < -0.3 is 0 Å². The number of benzene rings is 1. The van der Waals surface area contributed by atoms with Crippen LogP contribution in [0.3, 0.4) is 0 Å². The van der Waals surface area contributed by atoms with Crippen LogP contribution < -0.4 is 0 Å². The first-order chi connectivity index (χ1) is 12.1. The first-order valence-corrected chi connectivity index (χ1v) is 10.4. The Bertz CT molecular complexity index is 581. The highest BCUT2D eigenvalue weighted by Gasteiger charge is 2.42. The van der Waals surface area contributed by atoms with Crippen LogP contribution in [-0.4, -0.2) is 41.0 Å². The van der Waals surface area contributed by atoms with E-state index >= 15 is 0 Å². The molecular weight excluding hydrogens is 328 g/mol. The molecule has 1 aromatic rings. The maximum atomic E-state index is 7.35. The van der Waals surface area contributed by atoms with Crippen LogP contribution in [0.2, 0.25) is 0 Å². The Morgan fingerprint density at radius 1 is 1.04 bits per heavy atom. The molecule has 2 fully saturated rings. The second kappa shape index (κ2) is 8.24. The Labute approximate surface area is 158 Å². The van der Waals surface area contributed by atoms with E-state index in [1.807, 2.05) is 0 Å². The van der Waals surface area contributed by atoms with Crippen molar-refractivity contribution < 1.29 is 0 Å². The van der Waals surface area contributed by atoms with E-state index in [-0.39, 0.29) is 0 Å². The summed E-state index contributed by atoms with van der Waals surface area (Å²) in [4.78, 5) is 4.75.